The van der Waals surface area contributed by atoms with Crippen molar-refractivity contribution in [1.82, 2.24) is 9.88 Å². The number of hydrogen-bond acceptors (Lipinski definition) is 4. The molecule has 0 aliphatic carbocycles. The summed E-state index contributed by atoms with van der Waals surface area (Å²) in [5.41, 5.74) is -2.37. The number of rotatable bonds is 9. The average Bonchev–Trinajstić information content (AvgIpc) is 3.42. The second-order valence-corrected chi connectivity index (χ2v) is 11.8. The molecule has 0 radical (unpaired) electrons. The first kappa shape index (κ1) is 33.5. The van der Waals surface area contributed by atoms with E-state index in [1.807, 2.05) is 0 Å². The third kappa shape index (κ3) is 6.66. The van der Waals surface area contributed by atoms with Crippen LogP contribution in [0.25, 0.3) is 11.1 Å². The summed E-state index contributed by atoms with van der Waals surface area (Å²) in [5, 5.41) is 3.50. The van der Waals surface area contributed by atoms with Crippen LogP contribution in [0.1, 0.15) is 39.4 Å². The molecule has 3 aromatic carbocycles. The maximum absolute atomic E-state index is 15.6. The molecule has 244 valence electrons. The number of fused-ring (bicyclic) bond motifs is 1. The fourth-order valence-corrected chi connectivity index (χ4v) is 7.08. The van der Waals surface area contributed by atoms with Gasteiger partial charge in [-0.15, -0.1) is 11.8 Å². The molecule has 1 aliphatic heterocycles. The third-order valence-corrected chi connectivity index (χ3v) is 9.24. The van der Waals surface area contributed by atoms with Gasteiger partial charge in [-0.2, -0.15) is 26.3 Å². The van der Waals surface area contributed by atoms with Crippen molar-refractivity contribution in [2.24, 2.45) is 0 Å². The van der Waals surface area contributed by atoms with E-state index in [4.69, 9.17) is 4.74 Å². The zero-order valence-electron chi connectivity index (χ0n) is 24.6. The molecule has 5 rings (SSSR count). The van der Waals surface area contributed by atoms with Gasteiger partial charge in [0.2, 0.25) is 0 Å². The van der Waals surface area contributed by atoms with E-state index >= 15 is 8.78 Å². The molecule has 1 aliphatic rings. The summed E-state index contributed by atoms with van der Waals surface area (Å²) in [6, 6.07) is 11.3. The first-order valence-electron chi connectivity index (χ1n) is 14.2. The molecule has 13 heteroatoms. The van der Waals surface area contributed by atoms with Crippen LogP contribution in [-0.4, -0.2) is 30.5 Å². The van der Waals surface area contributed by atoms with Gasteiger partial charge in [-0.3, -0.25) is 9.36 Å². The number of methoxy groups -OCH3 is 1. The zero-order valence-corrected chi connectivity index (χ0v) is 25.4. The molecule has 1 N–H and O–H groups in total. The first-order valence-corrected chi connectivity index (χ1v) is 15.2. The van der Waals surface area contributed by atoms with Crippen molar-refractivity contribution in [2.45, 2.75) is 43.2 Å². The summed E-state index contributed by atoms with van der Waals surface area (Å²) in [4.78, 5) is 14.1. The van der Waals surface area contributed by atoms with Crippen LogP contribution < -0.4 is 15.6 Å². The van der Waals surface area contributed by atoms with Crippen molar-refractivity contribution in [3.8, 4) is 16.9 Å². The van der Waals surface area contributed by atoms with Crippen LogP contribution in [0, 0.1) is 18.6 Å². The Morgan fingerprint density at radius 3 is 2.37 bits per heavy atom. The number of benzene rings is 3. The Balaban J connectivity index is 1.54. The Kier molecular flexibility index (Phi) is 9.55. The van der Waals surface area contributed by atoms with E-state index in [-0.39, 0.29) is 47.5 Å². The zero-order chi connectivity index (χ0) is 33.4. The summed E-state index contributed by atoms with van der Waals surface area (Å²) < 4.78 is 118. The summed E-state index contributed by atoms with van der Waals surface area (Å²) in [5.74, 6) is -1.71. The Labute approximate surface area is 263 Å². The smallest absolute Gasteiger partial charge is 0.416 e. The summed E-state index contributed by atoms with van der Waals surface area (Å²) in [6.07, 6.45) is -9.57. The monoisotopic (exact) mass is 668 g/mol. The number of nitrogens with zero attached hydrogens (tertiary/aromatic N) is 1. The van der Waals surface area contributed by atoms with Crippen LogP contribution in [0.15, 0.2) is 70.5 Å². The lowest BCUT2D eigenvalue weighted by molar-refractivity contribution is -0.138. The van der Waals surface area contributed by atoms with Gasteiger partial charge in [-0.05, 0) is 60.8 Å². The van der Waals surface area contributed by atoms with E-state index in [1.165, 1.54) is 54.6 Å². The van der Waals surface area contributed by atoms with Crippen LogP contribution in [0.2, 0.25) is 0 Å². The number of aromatic nitrogens is 1. The van der Waals surface area contributed by atoms with E-state index in [1.54, 1.807) is 6.07 Å². The van der Waals surface area contributed by atoms with Crippen molar-refractivity contribution in [3.63, 3.8) is 0 Å². The Morgan fingerprint density at radius 2 is 1.67 bits per heavy atom. The molecule has 0 fully saturated rings. The molecular weight excluding hydrogens is 640 g/mol. The number of alkyl halides is 6. The minimum absolute atomic E-state index is 0.0866. The SMILES string of the molecule is COc1cccc(-c2c(C)c(Cc3c(F)cccc3C(F)(F)F)c3n(c2=O)C(CNCCc2cccc(C(F)(F)F)c2)CS3)c1F. The molecule has 46 heavy (non-hydrogen) atoms. The van der Waals surface area contributed by atoms with E-state index in [9.17, 15) is 31.1 Å². The standard InChI is InChI=1S/C33H28F8N2O2S/c1-18-23(15-24-25(33(39,40)41)9-5-10-26(24)34)31-43(30(44)28(18)22-8-4-11-27(45-2)29(22)35)21(17-46-31)16-42-13-12-19-6-3-7-20(14-19)32(36,37)38/h3-11,14,21,42H,12-13,15-17H2,1-2H3. The fourth-order valence-electron chi connectivity index (χ4n) is 5.69. The number of ether oxygens (including phenoxy) is 1. The highest BCUT2D eigenvalue weighted by Crippen LogP contribution is 2.42. The summed E-state index contributed by atoms with van der Waals surface area (Å²) in [7, 11) is 1.25. The highest BCUT2D eigenvalue weighted by Gasteiger charge is 2.37. The fraction of sp³-hybridized carbons (Fsp3) is 0.303. The van der Waals surface area contributed by atoms with Crippen LogP contribution >= 0.6 is 11.8 Å². The Bertz CT molecular complexity index is 1820. The van der Waals surface area contributed by atoms with Gasteiger partial charge in [0.05, 0.1) is 34.9 Å². The maximum atomic E-state index is 15.6. The molecule has 2 heterocycles. The van der Waals surface area contributed by atoms with E-state index in [0.717, 1.165) is 30.3 Å². The molecule has 4 aromatic rings. The van der Waals surface area contributed by atoms with Gasteiger partial charge < -0.3 is 10.1 Å². The largest absolute Gasteiger partial charge is 0.494 e. The molecule has 1 aromatic heterocycles. The van der Waals surface area contributed by atoms with Gasteiger partial charge in [0.15, 0.2) is 11.6 Å². The third-order valence-electron chi connectivity index (χ3n) is 7.97. The van der Waals surface area contributed by atoms with E-state index < -0.39 is 58.7 Å². The quantitative estimate of drug-likeness (QED) is 0.144. The second kappa shape index (κ2) is 13.1. The molecule has 0 spiro atoms. The van der Waals surface area contributed by atoms with E-state index in [0.29, 0.717) is 16.3 Å². The number of halogens is 8. The van der Waals surface area contributed by atoms with Crippen molar-refractivity contribution in [3.05, 3.63) is 116 Å². The molecule has 0 saturated heterocycles. The Hall–Kier alpha value is -3.84. The number of nitrogens with one attached hydrogen (secondary N) is 1. The lowest BCUT2D eigenvalue weighted by atomic mass is 9.92. The normalized spacial score (nSPS) is 14.9. The van der Waals surface area contributed by atoms with Gasteiger partial charge in [-0.25, -0.2) is 8.78 Å². The van der Waals surface area contributed by atoms with Gasteiger partial charge >= 0.3 is 12.4 Å². The van der Waals surface area contributed by atoms with Crippen molar-refractivity contribution < 1.29 is 39.9 Å². The molecule has 1 unspecified atom stereocenters. The van der Waals surface area contributed by atoms with Gasteiger partial charge in [-0.1, -0.05) is 36.4 Å². The maximum Gasteiger partial charge on any atom is 0.416 e. The van der Waals surface area contributed by atoms with Crippen molar-refractivity contribution in [2.75, 3.05) is 26.0 Å². The predicted molar refractivity (Wildman–Crippen MR) is 159 cm³/mol. The highest BCUT2D eigenvalue weighted by atomic mass is 32.2. The molecule has 0 bridgehead atoms. The average molecular weight is 669 g/mol. The van der Waals surface area contributed by atoms with E-state index in [2.05, 4.69) is 5.32 Å². The number of thioether (sulfide) groups is 1. The Morgan fingerprint density at radius 1 is 0.957 bits per heavy atom. The lowest BCUT2D eigenvalue weighted by Crippen LogP contribution is -2.34. The van der Waals surface area contributed by atoms with Crippen molar-refractivity contribution >= 4 is 11.8 Å². The molecule has 4 nitrogen and oxygen atoms in total. The first-order chi connectivity index (χ1) is 21.7. The van der Waals surface area contributed by atoms with Gasteiger partial charge in [0.1, 0.15) is 5.82 Å². The minimum atomic E-state index is -4.85. The highest BCUT2D eigenvalue weighted by molar-refractivity contribution is 7.99. The topological polar surface area (TPSA) is 43.3 Å². The lowest BCUT2D eigenvalue weighted by Gasteiger charge is -2.22. The summed E-state index contributed by atoms with van der Waals surface area (Å²) in [6.45, 7) is 1.96. The van der Waals surface area contributed by atoms with Crippen LogP contribution in [0.4, 0.5) is 35.1 Å². The molecular formula is C33H28F8N2O2S. The van der Waals surface area contributed by atoms with Crippen LogP contribution in [0.3, 0.4) is 0 Å². The summed E-state index contributed by atoms with van der Waals surface area (Å²) >= 11 is 1.22. The number of hydrogen-bond donors (Lipinski definition) is 1. The minimum Gasteiger partial charge on any atom is -0.494 e. The second-order valence-electron chi connectivity index (χ2n) is 10.8. The number of pyridine rings is 1. The van der Waals surface area contributed by atoms with Crippen LogP contribution in [-0.2, 0) is 25.2 Å². The predicted octanol–water partition coefficient (Wildman–Crippen LogP) is 8.22. The van der Waals surface area contributed by atoms with Crippen LogP contribution in [0.5, 0.6) is 5.75 Å². The molecule has 1 atom stereocenters. The molecule has 0 saturated carbocycles. The van der Waals surface area contributed by atoms with Gasteiger partial charge in [0, 0.05) is 29.8 Å². The molecule has 0 amide bonds. The van der Waals surface area contributed by atoms with Crippen molar-refractivity contribution in [1.29, 1.82) is 0 Å². The van der Waals surface area contributed by atoms with Gasteiger partial charge in [0.25, 0.3) is 5.56 Å².